The number of pyridine rings is 1. The zero-order chi connectivity index (χ0) is 15.6. The second kappa shape index (κ2) is 6.13. The van der Waals surface area contributed by atoms with Gasteiger partial charge in [-0.3, -0.25) is 9.78 Å². The molecule has 114 valence electrons. The van der Waals surface area contributed by atoms with Crippen LogP contribution in [0, 0.1) is 0 Å². The van der Waals surface area contributed by atoms with E-state index in [1.54, 1.807) is 17.2 Å². The first-order valence-electron chi connectivity index (χ1n) is 6.92. The molecule has 0 bridgehead atoms. The van der Waals surface area contributed by atoms with E-state index in [4.69, 9.17) is 4.74 Å². The summed E-state index contributed by atoms with van der Waals surface area (Å²) in [5.74, 6) is -0.520. The van der Waals surface area contributed by atoms with Gasteiger partial charge in [0.05, 0.1) is 5.56 Å². The molecule has 2 rings (SSSR count). The first-order valence-corrected chi connectivity index (χ1v) is 7.71. The maximum atomic E-state index is 12.5. The maximum Gasteiger partial charge on any atom is 0.329 e. The van der Waals surface area contributed by atoms with Gasteiger partial charge in [-0.1, -0.05) is 0 Å². The lowest BCUT2D eigenvalue weighted by Crippen LogP contribution is -2.43. The average molecular weight is 355 g/mol. The van der Waals surface area contributed by atoms with E-state index in [-0.39, 0.29) is 11.9 Å². The fourth-order valence-corrected chi connectivity index (χ4v) is 2.68. The number of hydrogen-bond donors (Lipinski definition) is 0. The molecule has 1 fully saturated rings. The predicted octanol–water partition coefficient (Wildman–Crippen LogP) is 2.79. The van der Waals surface area contributed by atoms with E-state index in [0.717, 1.165) is 10.9 Å². The van der Waals surface area contributed by atoms with Gasteiger partial charge in [0.25, 0.3) is 5.91 Å². The third-order valence-corrected chi connectivity index (χ3v) is 3.58. The zero-order valence-electron chi connectivity index (χ0n) is 12.4. The van der Waals surface area contributed by atoms with Gasteiger partial charge >= 0.3 is 5.97 Å². The van der Waals surface area contributed by atoms with Crippen LogP contribution >= 0.6 is 15.9 Å². The highest BCUT2D eigenvalue weighted by atomic mass is 79.9. The van der Waals surface area contributed by atoms with Crippen molar-refractivity contribution in [2.24, 2.45) is 0 Å². The van der Waals surface area contributed by atoms with E-state index in [9.17, 15) is 9.59 Å². The summed E-state index contributed by atoms with van der Waals surface area (Å²) < 4.78 is 6.14. The lowest BCUT2D eigenvalue weighted by molar-refractivity contribution is -0.159. The molecule has 1 saturated heterocycles. The standard InChI is InChI=1S/C15H19BrN2O3/c1-15(2,3)21-14(20)12-5-4-6-18(12)13(19)10-7-11(16)9-17-8-10/h7-9,12H,4-6H2,1-3H3/t12-/m1/s1. The van der Waals surface area contributed by atoms with Crippen LogP contribution in [0.1, 0.15) is 44.0 Å². The molecule has 6 heteroatoms. The minimum atomic E-state index is -0.550. The van der Waals surface area contributed by atoms with Gasteiger partial charge < -0.3 is 9.64 Å². The van der Waals surface area contributed by atoms with Crippen molar-refractivity contribution >= 4 is 27.8 Å². The summed E-state index contributed by atoms with van der Waals surface area (Å²) in [5.41, 5.74) is -0.0778. The van der Waals surface area contributed by atoms with Crippen molar-refractivity contribution in [3.8, 4) is 0 Å². The van der Waals surface area contributed by atoms with E-state index < -0.39 is 11.6 Å². The Morgan fingerprint density at radius 2 is 2.10 bits per heavy atom. The number of ether oxygens (including phenoxy) is 1. The van der Waals surface area contributed by atoms with Gasteiger partial charge in [0.1, 0.15) is 11.6 Å². The molecule has 0 spiro atoms. The van der Waals surface area contributed by atoms with Gasteiger partial charge in [0, 0.05) is 23.4 Å². The van der Waals surface area contributed by atoms with Gasteiger partial charge in [0.2, 0.25) is 0 Å². The van der Waals surface area contributed by atoms with E-state index >= 15 is 0 Å². The molecule has 1 aromatic rings. The Morgan fingerprint density at radius 1 is 1.38 bits per heavy atom. The minimum absolute atomic E-state index is 0.183. The summed E-state index contributed by atoms with van der Waals surface area (Å²) in [6, 6.07) is 1.20. The molecule has 0 saturated carbocycles. The van der Waals surface area contributed by atoms with Gasteiger partial charge in [0.15, 0.2) is 0 Å². The quantitative estimate of drug-likeness (QED) is 0.766. The van der Waals surface area contributed by atoms with E-state index in [1.165, 1.54) is 6.20 Å². The number of amides is 1. The van der Waals surface area contributed by atoms with Crippen LogP contribution in [-0.2, 0) is 9.53 Å². The van der Waals surface area contributed by atoms with Crippen molar-refractivity contribution < 1.29 is 14.3 Å². The van der Waals surface area contributed by atoms with Gasteiger partial charge in [-0.2, -0.15) is 0 Å². The zero-order valence-corrected chi connectivity index (χ0v) is 14.0. The van der Waals surface area contributed by atoms with Crippen LogP contribution in [0.3, 0.4) is 0 Å². The fraction of sp³-hybridized carbons (Fsp3) is 0.533. The largest absolute Gasteiger partial charge is 0.458 e. The highest BCUT2D eigenvalue weighted by Gasteiger charge is 2.37. The summed E-state index contributed by atoms with van der Waals surface area (Å²) in [5, 5.41) is 0. The van der Waals surface area contributed by atoms with E-state index in [2.05, 4.69) is 20.9 Å². The van der Waals surface area contributed by atoms with Gasteiger partial charge in [-0.05, 0) is 55.6 Å². The highest BCUT2D eigenvalue weighted by molar-refractivity contribution is 9.10. The van der Waals surface area contributed by atoms with Crippen molar-refractivity contribution in [3.05, 3.63) is 28.5 Å². The Kier molecular flexibility index (Phi) is 4.66. The molecular weight excluding hydrogens is 336 g/mol. The average Bonchev–Trinajstić information content (AvgIpc) is 2.85. The van der Waals surface area contributed by atoms with E-state index in [1.807, 2.05) is 20.8 Å². The molecule has 1 aliphatic rings. The second-order valence-corrected chi connectivity index (χ2v) is 7.00. The predicted molar refractivity (Wildman–Crippen MR) is 81.8 cm³/mol. The SMILES string of the molecule is CC(C)(C)OC(=O)[C@H]1CCCN1C(=O)c1cncc(Br)c1. The molecule has 1 atom stereocenters. The number of esters is 1. The number of nitrogens with zero attached hydrogens (tertiary/aromatic N) is 2. The smallest absolute Gasteiger partial charge is 0.329 e. The van der Waals surface area contributed by atoms with Crippen molar-refractivity contribution in [3.63, 3.8) is 0 Å². The Bertz CT molecular complexity index is 554. The Labute approximate surface area is 132 Å². The first-order chi connectivity index (χ1) is 9.78. The van der Waals surface area contributed by atoms with Crippen LogP contribution in [0.4, 0.5) is 0 Å². The van der Waals surface area contributed by atoms with E-state index in [0.29, 0.717) is 18.5 Å². The summed E-state index contributed by atoms with van der Waals surface area (Å²) in [6.45, 7) is 6.04. The fourth-order valence-electron chi connectivity index (χ4n) is 2.32. The molecule has 2 heterocycles. The molecule has 1 aromatic heterocycles. The van der Waals surface area contributed by atoms with Crippen molar-refractivity contribution in [2.45, 2.75) is 45.3 Å². The third-order valence-electron chi connectivity index (χ3n) is 3.14. The molecule has 0 radical (unpaired) electrons. The molecular formula is C15H19BrN2O3. The van der Waals surface area contributed by atoms with Gasteiger partial charge in [-0.15, -0.1) is 0 Å². The summed E-state index contributed by atoms with van der Waals surface area (Å²) in [4.78, 5) is 30.3. The summed E-state index contributed by atoms with van der Waals surface area (Å²) in [6.07, 6.45) is 4.57. The van der Waals surface area contributed by atoms with Crippen molar-refractivity contribution in [1.82, 2.24) is 9.88 Å². The molecule has 21 heavy (non-hydrogen) atoms. The minimum Gasteiger partial charge on any atom is -0.458 e. The number of halogens is 1. The molecule has 0 aliphatic carbocycles. The van der Waals surface area contributed by atoms with Crippen LogP contribution < -0.4 is 0 Å². The number of rotatable bonds is 2. The first kappa shape index (κ1) is 15.9. The number of aromatic nitrogens is 1. The van der Waals surface area contributed by atoms with Crippen molar-refractivity contribution in [1.29, 1.82) is 0 Å². The monoisotopic (exact) mass is 354 g/mol. The molecule has 0 unspecified atom stereocenters. The normalized spacial score (nSPS) is 18.7. The Balaban J connectivity index is 2.15. The topological polar surface area (TPSA) is 59.5 Å². The van der Waals surface area contributed by atoms with Crippen LogP contribution in [0.2, 0.25) is 0 Å². The maximum absolute atomic E-state index is 12.5. The molecule has 0 aromatic carbocycles. The number of likely N-dealkylation sites (tertiary alicyclic amines) is 1. The Morgan fingerprint density at radius 3 is 2.71 bits per heavy atom. The number of carbonyl (C=O) groups excluding carboxylic acids is 2. The number of hydrogen-bond acceptors (Lipinski definition) is 4. The van der Waals surface area contributed by atoms with Crippen LogP contribution in [0.15, 0.2) is 22.9 Å². The summed E-state index contributed by atoms with van der Waals surface area (Å²) >= 11 is 3.30. The summed E-state index contributed by atoms with van der Waals surface area (Å²) in [7, 11) is 0. The van der Waals surface area contributed by atoms with Crippen molar-refractivity contribution in [2.75, 3.05) is 6.54 Å². The third kappa shape index (κ3) is 4.03. The molecule has 1 aliphatic heterocycles. The lowest BCUT2D eigenvalue weighted by atomic mass is 10.1. The van der Waals surface area contributed by atoms with Crippen LogP contribution in [0.5, 0.6) is 0 Å². The van der Waals surface area contributed by atoms with Crippen LogP contribution in [0.25, 0.3) is 0 Å². The highest BCUT2D eigenvalue weighted by Crippen LogP contribution is 2.23. The van der Waals surface area contributed by atoms with Gasteiger partial charge in [-0.25, -0.2) is 4.79 Å². The second-order valence-electron chi connectivity index (χ2n) is 6.08. The van der Waals surface area contributed by atoms with Crippen LogP contribution in [-0.4, -0.2) is 39.9 Å². The lowest BCUT2D eigenvalue weighted by Gasteiger charge is -2.27. The Hall–Kier alpha value is -1.43. The molecule has 5 nitrogen and oxygen atoms in total. The molecule has 0 N–H and O–H groups in total. The molecule has 1 amide bonds. The number of carbonyl (C=O) groups is 2.